The molecule has 0 aromatic heterocycles. The zero-order chi connectivity index (χ0) is 24.6. The molecule has 3 fully saturated rings. The van der Waals surface area contributed by atoms with E-state index in [0.717, 1.165) is 56.6 Å². The van der Waals surface area contributed by atoms with Crippen LogP contribution in [0, 0.1) is 17.7 Å². The molecule has 4 heteroatoms. The topological polar surface area (TPSA) is 38.3 Å². The van der Waals surface area contributed by atoms with Crippen LogP contribution in [0.3, 0.4) is 0 Å². The molecular weight excluding hydrogens is 437 g/mol. The molecule has 1 heterocycles. The summed E-state index contributed by atoms with van der Waals surface area (Å²) in [6.07, 6.45) is 18.0. The van der Waals surface area contributed by atoms with Crippen LogP contribution in [0.1, 0.15) is 120 Å². The minimum Gasteiger partial charge on any atom is -0.378 e. The number of benzene rings is 1. The Morgan fingerprint density at radius 3 is 2.40 bits per heavy atom. The molecule has 3 aliphatic rings. The first-order valence-corrected chi connectivity index (χ1v) is 14.4. The van der Waals surface area contributed by atoms with Gasteiger partial charge in [0.15, 0.2) is 0 Å². The number of rotatable bonds is 9. The van der Waals surface area contributed by atoms with E-state index in [1.807, 2.05) is 12.1 Å². The van der Waals surface area contributed by atoms with Gasteiger partial charge in [0.2, 0.25) is 5.91 Å². The quantitative estimate of drug-likeness (QED) is 0.287. The molecule has 194 valence electrons. The number of hydrogen-bond donors (Lipinski definition) is 1. The van der Waals surface area contributed by atoms with Crippen LogP contribution in [0.25, 0.3) is 0 Å². The van der Waals surface area contributed by atoms with Gasteiger partial charge in [0.25, 0.3) is 0 Å². The molecule has 0 radical (unpaired) electrons. The Kier molecular flexibility index (Phi) is 9.83. The predicted molar refractivity (Wildman–Crippen MR) is 141 cm³/mol. The van der Waals surface area contributed by atoms with Crippen molar-refractivity contribution in [2.45, 2.75) is 121 Å². The fourth-order valence-electron chi connectivity index (χ4n) is 6.87. The van der Waals surface area contributed by atoms with Crippen molar-refractivity contribution >= 4 is 5.91 Å². The third-order valence-electron chi connectivity index (χ3n) is 9.11. The third kappa shape index (κ3) is 7.18. The Bertz CT molecular complexity index is 815. The lowest BCUT2D eigenvalue weighted by Crippen LogP contribution is -2.36. The summed E-state index contributed by atoms with van der Waals surface area (Å²) in [5.41, 5.74) is 2.04. The molecule has 3 nitrogen and oxygen atoms in total. The zero-order valence-electron chi connectivity index (χ0n) is 21.8. The molecule has 2 atom stereocenters. The van der Waals surface area contributed by atoms with Crippen molar-refractivity contribution in [1.82, 2.24) is 5.32 Å². The van der Waals surface area contributed by atoms with Gasteiger partial charge in [0, 0.05) is 12.6 Å². The lowest BCUT2D eigenvalue weighted by atomic mass is 9.74. The molecule has 4 rings (SSSR count). The van der Waals surface area contributed by atoms with Gasteiger partial charge in [0.05, 0.1) is 6.10 Å². The molecular formula is C31H46FNO2. The molecule has 1 aromatic carbocycles. The van der Waals surface area contributed by atoms with Crippen LogP contribution >= 0.6 is 0 Å². The van der Waals surface area contributed by atoms with Gasteiger partial charge in [-0.3, -0.25) is 4.79 Å². The van der Waals surface area contributed by atoms with Crippen LogP contribution < -0.4 is 5.32 Å². The molecule has 2 unspecified atom stereocenters. The second kappa shape index (κ2) is 13.0. The molecule has 0 spiro atoms. The number of ether oxygens (including phenoxy) is 1. The maximum atomic E-state index is 15.2. The summed E-state index contributed by atoms with van der Waals surface area (Å²) in [7, 11) is 0. The van der Waals surface area contributed by atoms with E-state index in [-0.39, 0.29) is 23.7 Å². The SMILES string of the molecule is C=CC(=O)NC1CCC(c2ccc(C3CCC(C4CCC(CCCCC)CO4)CC3)cc2F)CC1. The minimum absolute atomic E-state index is 0.0343. The van der Waals surface area contributed by atoms with Crippen molar-refractivity contribution in [1.29, 1.82) is 0 Å². The number of nitrogens with one attached hydrogen (secondary N) is 1. The Hall–Kier alpha value is -1.68. The average molecular weight is 484 g/mol. The van der Waals surface area contributed by atoms with E-state index in [4.69, 9.17) is 4.74 Å². The second-order valence-electron chi connectivity index (χ2n) is 11.5. The highest BCUT2D eigenvalue weighted by Crippen LogP contribution is 2.42. The molecule has 1 N–H and O–H groups in total. The fraction of sp³-hybridized carbons (Fsp3) is 0.710. The van der Waals surface area contributed by atoms with Crippen molar-refractivity contribution in [2.24, 2.45) is 11.8 Å². The van der Waals surface area contributed by atoms with Crippen molar-refractivity contribution in [3.8, 4) is 0 Å². The molecule has 1 aromatic rings. The van der Waals surface area contributed by atoms with Gasteiger partial charge < -0.3 is 10.1 Å². The number of hydrogen-bond acceptors (Lipinski definition) is 2. The van der Waals surface area contributed by atoms with Gasteiger partial charge in [-0.15, -0.1) is 0 Å². The maximum Gasteiger partial charge on any atom is 0.243 e. The van der Waals surface area contributed by atoms with Crippen LogP contribution in [0.2, 0.25) is 0 Å². The molecule has 35 heavy (non-hydrogen) atoms. The summed E-state index contributed by atoms with van der Waals surface area (Å²) in [4.78, 5) is 11.5. The maximum absolute atomic E-state index is 15.2. The number of unbranched alkanes of at least 4 members (excludes halogenated alkanes) is 2. The lowest BCUT2D eigenvalue weighted by molar-refractivity contribution is -0.117. The number of carbonyl (C=O) groups is 1. The Balaban J connectivity index is 1.22. The highest BCUT2D eigenvalue weighted by Gasteiger charge is 2.32. The van der Waals surface area contributed by atoms with E-state index in [2.05, 4.69) is 24.9 Å². The molecule has 2 saturated carbocycles. The van der Waals surface area contributed by atoms with Crippen LogP contribution in [-0.2, 0) is 9.53 Å². The number of amides is 1. The monoisotopic (exact) mass is 483 g/mol. The van der Waals surface area contributed by atoms with Gasteiger partial charge >= 0.3 is 0 Å². The Morgan fingerprint density at radius 1 is 1.03 bits per heavy atom. The first kappa shape index (κ1) is 26.4. The van der Waals surface area contributed by atoms with Gasteiger partial charge in [-0.2, -0.15) is 0 Å². The Labute approximate surface area is 212 Å². The van der Waals surface area contributed by atoms with E-state index >= 15 is 4.39 Å². The molecule has 1 aliphatic heterocycles. The Morgan fingerprint density at radius 2 is 1.77 bits per heavy atom. The molecule has 2 aliphatic carbocycles. The highest BCUT2D eigenvalue weighted by atomic mass is 19.1. The van der Waals surface area contributed by atoms with Crippen molar-refractivity contribution in [3.05, 3.63) is 47.8 Å². The van der Waals surface area contributed by atoms with E-state index in [1.54, 1.807) is 0 Å². The van der Waals surface area contributed by atoms with Crippen molar-refractivity contribution in [3.63, 3.8) is 0 Å². The zero-order valence-corrected chi connectivity index (χ0v) is 21.8. The van der Waals surface area contributed by atoms with Crippen LogP contribution in [-0.4, -0.2) is 24.7 Å². The van der Waals surface area contributed by atoms with E-state index < -0.39 is 0 Å². The van der Waals surface area contributed by atoms with E-state index in [0.29, 0.717) is 17.9 Å². The predicted octanol–water partition coefficient (Wildman–Crippen LogP) is 7.80. The largest absolute Gasteiger partial charge is 0.378 e. The molecule has 1 saturated heterocycles. The fourth-order valence-corrected chi connectivity index (χ4v) is 6.87. The average Bonchev–Trinajstić information content (AvgIpc) is 2.90. The van der Waals surface area contributed by atoms with Gasteiger partial charge in [0.1, 0.15) is 5.82 Å². The van der Waals surface area contributed by atoms with Crippen molar-refractivity contribution in [2.75, 3.05) is 6.61 Å². The summed E-state index contributed by atoms with van der Waals surface area (Å²) in [5.74, 6) is 2.05. The third-order valence-corrected chi connectivity index (χ3v) is 9.11. The van der Waals surface area contributed by atoms with Crippen LogP contribution in [0.5, 0.6) is 0 Å². The molecule has 0 bridgehead atoms. The highest BCUT2D eigenvalue weighted by molar-refractivity contribution is 5.87. The van der Waals surface area contributed by atoms with Crippen LogP contribution in [0.15, 0.2) is 30.9 Å². The first-order valence-electron chi connectivity index (χ1n) is 14.4. The smallest absolute Gasteiger partial charge is 0.243 e. The summed E-state index contributed by atoms with van der Waals surface area (Å²) >= 11 is 0. The second-order valence-corrected chi connectivity index (χ2v) is 11.5. The van der Waals surface area contributed by atoms with Crippen molar-refractivity contribution < 1.29 is 13.9 Å². The number of halogens is 1. The summed E-state index contributed by atoms with van der Waals surface area (Å²) in [6.45, 7) is 6.75. The first-order chi connectivity index (χ1) is 17.1. The van der Waals surface area contributed by atoms with Gasteiger partial charge in [-0.25, -0.2) is 4.39 Å². The minimum atomic E-state index is -0.111. The van der Waals surface area contributed by atoms with E-state index in [1.165, 1.54) is 63.0 Å². The number of carbonyl (C=O) groups excluding carboxylic acids is 1. The summed E-state index contributed by atoms with van der Waals surface area (Å²) < 4.78 is 21.5. The normalized spacial score (nSPS) is 31.6. The van der Waals surface area contributed by atoms with Crippen LogP contribution in [0.4, 0.5) is 4.39 Å². The summed E-state index contributed by atoms with van der Waals surface area (Å²) in [6, 6.07) is 6.25. The molecule has 1 amide bonds. The summed E-state index contributed by atoms with van der Waals surface area (Å²) in [5, 5.41) is 2.99. The van der Waals surface area contributed by atoms with Gasteiger partial charge in [-0.1, -0.05) is 44.9 Å². The van der Waals surface area contributed by atoms with Gasteiger partial charge in [-0.05, 0) is 118 Å². The lowest BCUT2D eigenvalue weighted by Gasteiger charge is -2.38. The van der Waals surface area contributed by atoms with E-state index in [9.17, 15) is 4.79 Å². The standard InChI is InChI=1S/C31H46FNO2/c1-3-5-6-7-22-8-19-30(35-21-22)25-11-9-23(10-12-25)26-15-18-28(29(32)20-26)24-13-16-27(17-14-24)33-31(34)4-2/h4,15,18,20,22-25,27,30H,2-3,5-14,16-17,19,21H2,1H3,(H,33,34).